The number of carboxylic acid groups (broad SMARTS) is 1. The average molecular weight is 253 g/mol. The summed E-state index contributed by atoms with van der Waals surface area (Å²) in [5.74, 6) is -2.05. The number of aryl methyl sites for hydroxylation is 1. The molecule has 2 aromatic rings. The number of halogens is 2. The third-order valence-corrected chi connectivity index (χ3v) is 2.30. The van der Waals surface area contributed by atoms with Crippen molar-refractivity contribution < 1.29 is 23.1 Å². The summed E-state index contributed by atoms with van der Waals surface area (Å²) in [5.41, 5.74) is 0.0884. The number of hydrogen-bond donors (Lipinski definition) is 1. The van der Waals surface area contributed by atoms with Gasteiger partial charge in [-0.2, -0.15) is 0 Å². The lowest BCUT2D eigenvalue weighted by Gasteiger charge is -1.98. The quantitative estimate of drug-likeness (QED) is 0.909. The molecule has 1 aromatic carbocycles. The lowest BCUT2D eigenvalue weighted by atomic mass is 10.2. The number of hydrogen-bond acceptors (Lipinski definition) is 3. The molecule has 2 rings (SSSR count). The van der Waals surface area contributed by atoms with Crippen LogP contribution in [0, 0.1) is 11.6 Å². The van der Waals surface area contributed by atoms with Gasteiger partial charge in [0, 0.05) is 12.5 Å². The Morgan fingerprint density at radius 1 is 1.39 bits per heavy atom. The van der Waals surface area contributed by atoms with E-state index in [0.717, 1.165) is 12.1 Å². The highest BCUT2D eigenvalue weighted by Gasteiger charge is 2.12. The molecule has 18 heavy (non-hydrogen) atoms. The van der Waals surface area contributed by atoms with Crippen molar-refractivity contribution in [2.45, 2.75) is 12.8 Å². The van der Waals surface area contributed by atoms with E-state index in [9.17, 15) is 13.6 Å². The molecule has 0 unspecified atom stereocenters. The SMILES string of the molecule is O=C(O)CCc1ncc(-c2ccc(F)cc2F)o1. The van der Waals surface area contributed by atoms with Gasteiger partial charge in [-0.05, 0) is 12.1 Å². The number of benzene rings is 1. The molecule has 0 aliphatic heterocycles. The van der Waals surface area contributed by atoms with Crippen LogP contribution in [0.2, 0.25) is 0 Å². The predicted molar refractivity (Wildman–Crippen MR) is 57.8 cm³/mol. The predicted octanol–water partition coefficient (Wildman–Crippen LogP) is 2.64. The lowest BCUT2D eigenvalue weighted by molar-refractivity contribution is -0.137. The Morgan fingerprint density at radius 3 is 2.83 bits per heavy atom. The normalized spacial score (nSPS) is 10.6. The average Bonchev–Trinajstić information content (AvgIpc) is 2.75. The van der Waals surface area contributed by atoms with Gasteiger partial charge in [-0.25, -0.2) is 13.8 Å². The van der Waals surface area contributed by atoms with E-state index in [0.29, 0.717) is 0 Å². The maximum absolute atomic E-state index is 13.4. The highest BCUT2D eigenvalue weighted by atomic mass is 19.1. The van der Waals surface area contributed by atoms with E-state index in [2.05, 4.69) is 4.98 Å². The van der Waals surface area contributed by atoms with E-state index >= 15 is 0 Å². The minimum absolute atomic E-state index is 0.0884. The third-order valence-electron chi connectivity index (χ3n) is 2.30. The Morgan fingerprint density at radius 2 is 2.17 bits per heavy atom. The van der Waals surface area contributed by atoms with Crippen molar-refractivity contribution in [3.05, 3.63) is 41.9 Å². The number of aromatic nitrogens is 1. The van der Waals surface area contributed by atoms with E-state index in [4.69, 9.17) is 9.52 Å². The summed E-state index contributed by atoms with van der Waals surface area (Å²) in [6.45, 7) is 0. The molecular formula is C12H9F2NO3. The number of aliphatic carboxylic acids is 1. The third kappa shape index (κ3) is 2.71. The first-order chi connectivity index (χ1) is 8.56. The van der Waals surface area contributed by atoms with Gasteiger partial charge in [-0.15, -0.1) is 0 Å². The maximum atomic E-state index is 13.4. The molecule has 0 fully saturated rings. The van der Waals surface area contributed by atoms with Crippen molar-refractivity contribution in [1.29, 1.82) is 0 Å². The van der Waals surface area contributed by atoms with Crippen LogP contribution in [0.4, 0.5) is 8.78 Å². The number of oxazole rings is 1. The van der Waals surface area contributed by atoms with Crippen LogP contribution in [0.15, 0.2) is 28.8 Å². The summed E-state index contributed by atoms with van der Waals surface area (Å²) in [7, 11) is 0. The van der Waals surface area contributed by atoms with Gasteiger partial charge in [-0.3, -0.25) is 4.79 Å². The molecule has 4 nitrogen and oxygen atoms in total. The Labute approximate surface area is 101 Å². The molecular weight excluding hydrogens is 244 g/mol. The second-order valence-electron chi connectivity index (χ2n) is 3.64. The Balaban J connectivity index is 2.21. The molecule has 0 aliphatic rings. The van der Waals surface area contributed by atoms with Crippen LogP contribution in [0.1, 0.15) is 12.3 Å². The highest BCUT2D eigenvalue weighted by molar-refractivity contribution is 5.66. The Bertz CT molecular complexity index is 580. The Kier molecular flexibility index (Phi) is 3.36. The molecule has 94 valence electrons. The molecule has 0 bridgehead atoms. The van der Waals surface area contributed by atoms with Crippen molar-refractivity contribution in [2.24, 2.45) is 0 Å². The summed E-state index contributed by atoms with van der Waals surface area (Å²) < 4.78 is 31.4. The van der Waals surface area contributed by atoms with Crippen molar-refractivity contribution in [3.8, 4) is 11.3 Å². The summed E-state index contributed by atoms with van der Waals surface area (Å²) in [6.07, 6.45) is 1.29. The first kappa shape index (κ1) is 12.2. The first-order valence-electron chi connectivity index (χ1n) is 5.18. The van der Waals surface area contributed by atoms with E-state index < -0.39 is 17.6 Å². The maximum Gasteiger partial charge on any atom is 0.303 e. The lowest BCUT2D eigenvalue weighted by Crippen LogP contribution is -1.97. The van der Waals surface area contributed by atoms with Gasteiger partial charge >= 0.3 is 5.97 Å². The van der Waals surface area contributed by atoms with E-state index in [1.807, 2.05) is 0 Å². The van der Waals surface area contributed by atoms with Crippen LogP contribution in [0.3, 0.4) is 0 Å². The fourth-order valence-corrected chi connectivity index (χ4v) is 1.45. The van der Waals surface area contributed by atoms with Gasteiger partial charge in [-0.1, -0.05) is 0 Å². The van der Waals surface area contributed by atoms with E-state index in [1.165, 1.54) is 12.3 Å². The summed E-state index contributed by atoms with van der Waals surface area (Å²) >= 11 is 0. The van der Waals surface area contributed by atoms with Gasteiger partial charge in [0.1, 0.15) is 11.6 Å². The molecule has 0 spiro atoms. The molecule has 6 heteroatoms. The molecule has 1 aromatic heterocycles. The molecule has 0 saturated carbocycles. The van der Waals surface area contributed by atoms with Crippen LogP contribution >= 0.6 is 0 Å². The number of rotatable bonds is 4. The number of nitrogens with zero attached hydrogens (tertiary/aromatic N) is 1. The van der Waals surface area contributed by atoms with Gasteiger partial charge in [0.2, 0.25) is 0 Å². The standard InChI is InChI=1S/C12H9F2NO3/c13-7-1-2-8(9(14)5-7)10-6-15-11(18-10)3-4-12(16)17/h1-2,5-6H,3-4H2,(H,16,17). The molecule has 0 atom stereocenters. The van der Waals surface area contributed by atoms with E-state index in [-0.39, 0.29) is 30.1 Å². The van der Waals surface area contributed by atoms with Gasteiger partial charge in [0.05, 0.1) is 18.2 Å². The van der Waals surface area contributed by atoms with Crippen molar-refractivity contribution in [1.82, 2.24) is 4.98 Å². The first-order valence-corrected chi connectivity index (χ1v) is 5.18. The fourth-order valence-electron chi connectivity index (χ4n) is 1.45. The fraction of sp³-hybridized carbons (Fsp3) is 0.167. The largest absolute Gasteiger partial charge is 0.481 e. The summed E-state index contributed by atoms with van der Waals surface area (Å²) in [6, 6.07) is 3.10. The molecule has 0 aliphatic carbocycles. The van der Waals surface area contributed by atoms with Crippen molar-refractivity contribution in [2.75, 3.05) is 0 Å². The summed E-state index contributed by atoms with van der Waals surface area (Å²) in [4.78, 5) is 14.2. The number of carbonyl (C=O) groups is 1. The van der Waals surface area contributed by atoms with Gasteiger partial charge in [0.15, 0.2) is 11.7 Å². The second-order valence-corrected chi connectivity index (χ2v) is 3.64. The zero-order chi connectivity index (χ0) is 13.1. The van der Waals surface area contributed by atoms with Crippen LogP contribution < -0.4 is 0 Å². The smallest absolute Gasteiger partial charge is 0.303 e. The van der Waals surface area contributed by atoms with Crippen LogP contribution in [0.5, 0.6) is 0 Å². The van der Waals surface area contributed by atoms with Crippen LogP contribution in [-0.4, -0.2) is 16.1 Å². The van der Waals surface area contributed by atoms with Gasteiger partial charge < -0.3 is 9.52 Å². The molecule has 1 heterocycles. The molecule has 0 saturated heterocycles. The van der Waals surface area contributed by atoms with Gasteiger partial charge in [0.25, 0.3) is 0 Å². The second kappa shape index (κ2) is 4.95. The minimum Gasteiger partial charge on any atom is -0.481 e. The summed E-state index contributed by atoms with van der Waals surface area (Å²) in [5, 5.41) is 8.50. The topological polar surface area (TPSA) is 63.3 Å². The zero-order valence-corrected chi connectivity index (χ0v) is 9.19. The monoisotopic (exact) mass is 253 g/mol. The van der Waals surface area contributed by atoms with Crippen LogP contribution in [0.25, 0.3) is 11.3 Å². The van der Waals surface area contributed by atoms with Crippen molar-refractivity contribution >= 4 is 5.97 Å². The van der Waals surface area contributed by atoms with Crippen LogP contribution in [-0.2, 0) is 11.2 Å². The molecule has 0 radical (unpaired) electrons. The van der Waals surface area contributed by atoms with E-state index in [1.54, 1.807) is 0 Å². The highest BCUT2D eigenvalue weighted by Crippen LogP contribution is 2.24. The molecule has 1 N–H and O–H groups in total. The zero-order valence-electron chi connectivity index (χ0n) is 9.19. The Hall–Kier alpha value is -2.24. The van der Waals surface area contributed by atoms with Crippen molar-refractivity contribution in [3.63, 3.8) is 0 Å². The molecule has 0 amide bonds. The number of carboxylic acids is 1. The minimum atomic E-state index is -0.970.